The van der Waals surface area contributed by atoms with Crippen LogP contribution < -0.4 is 10.6 Å². The number of hydrogen-bond acceptors (Lipinski definition) is 8. The fraction of sp³-hybridized carbons (Fsp3) is 0.333. The van der Waals surface area contributed by atoms with Crippen molar-refractivity contribution in [2.24, 2.45) is 0 Å². The highest BCUT2D eigenvalue weighted by Gasteiger charge is 2.21. The molecule has 4 rings (SSSR count). The molecule has 0 bridgehead atoms. The van der Waals surface area contributed by atoms with Crippen molar-refractivity contribution in [2.45, 2.75) is 69.6 Å². The van der Waals surface area contributed by atoms with Gasteiger partial charge in [0.2, 0.25) is 0 Å². The van der Waals surface area contributed by atoms with Gasteiger partial charge in [0.25, 0.3) is 0 Å². The minimum absolute atomic E-state index is 0.114. The van der Waals surface area contributed by atoms with E-state index < -0.39 is 33.7 Å². The Morgan fingerprint density at radius 1 is 0.875 bits per heavy atom. The van der Waals surface area contributed by atoms with Gasteiger partial charge in [-0.1, -0.05) is 84.1 Å². The first kappa shape index (κ1) is 35.9. The van der Waals surface area contributed by atoms with Gasteiger partial charge in [-0.05, 0) is 75.8 Å². The largest absolute Gasteiger partial charge is 0.445 e. The molecule has 2 amide bonds. The second kappa shape index (κ2) is 17.3. The van der Waals surface area contributed by atoms with Crippen LogP contribution in [-0.2, 0) is 32.3 Å². The first-order valence-corrected chi connectivity index (χ1v) is 17.5. The van der Waals surface area contributed by atoms with E-state index in [1.807, 2.05) is 60.7 Å². The Hall–Kier alpha value is -4.97. The molecule has 0 spiro atoms. The fourth-order valence-corrected chi connectivity index (χ4v) is 5.92. The molecule has 0 saturated carbocycles. The van der Waals surface area contributed by atoms with E-state index in [0.717, 1.165) is 11.1 Å². The molecule has 254 valence electrons. The van der Waals surface area contributed by atoms with Crippen LogP contribution in [0, 0.1) is 0 Å². The van der Waals surface area contributed by atoms with Gasteiger partial charge in [0.05, 0.1) is 22.9 Å². The lowest BCUT2D eigenvalue weighted by atomic mass is 10.0. The second-order valence-electron chi connectivity index (χ2n) is 12.2. The standard InChI is InChI=1S/C36H43N5O6S/c1-36(2,3)47-34(42)37-23-14-13-19-30(22-24-48(44,45)31-20-11-6-12-21-31)41-26-33(39-40-41)32(25-28-15-7-4-8-16-28)38-35(43)46-27-29-17-9-5-10-18-29/h4-12,15-18,20-22,26,32H,13-14,19,23-25,27H2,1-3H3,(H,37,42)(H,38,43)/b30-22+/t32-/m0/s1. The zero-order valence-electron chi connectivity index (χ0n) is 27.5. The topological polar surface area (TPSA) is 142 Å². The zero-order chi connectivity index (χ0) is 34.4. The summed E-state index contributed by atoms with van der Waals surface area (Å²) in [6.45, 7) is 5.90. The van der Waals surface area contributed by atoms with E-state index in [-0.39, 0.29) is 17.3 Å². The van der Waals surface area contributed by atoms with Crippen LogP contribution in [-0.4, -0.2) is 53.5 Å². The summed E-state index contributed by atoms with van der Waals surface area (Å²) in [4.78, 5) is 25.2. The number of unbranched alkanes of at least 4 members (excludes halogenated alkanes) is 1. The molecule has 0 fully saturated rings. The Morgan fingerprint density at radius 3 is 2.15 bits per heavy atom. The molecule has 0 unspecified atom stereocenters. The SMILES string of the molecule is CC(C)(C)OC(=O)NCCCC/C(=C\CS(=O)(=O)c1ccccc1)n1cc([C@H](Cc2ccccc2)NC(=O)OCc2ccccc2)nn1. The van der Waals surface area contributed by atoms with E-state index in [4.69, 9.17) is 9.47 Å². The van der Waals surface area contributed by atoms with Crippen molar-refractivity contribution in [3.63, 3.8) is 0 Å². The van der Waals surface area contributed by atoms with E-state index in [1.54, 1.807) is 68.1 Å². The number of nitrogens with zero attached hydrogens (tertiary/aromatic N) is 3. The lowest BCUT2D eigenvalue weighted by Gasteiger charge is -2.19. The first-order chi connectivity index (χ1) is 23.0. The molecule has 12 heteroatoms. The maximum atomic E-state index is 13.1. The summed E-state index contributed by atoms with van der Waals surface area (Å²) in [6.07, 6.45) is 4.37. The number of ether oxygens (including phenoxy) is 2. The number of hydrogen-bond donors (Lipinski definition) is 2. The number of alkyl carbamates (subject to hydrolysis) is 2. The highest BCUT2D eigenvalue weighted by atomic mass is 32.2. The highest BCUT2D eigenvalue weighted by molar-refractivity contribution is 7.91. The summed E-state index contributed by atoms with van der Waals surface area (Å²) < 4.78 is 38.6. The molecule has 4 aromatic rings. The number of amides is 2. The van der Waals surface area contributed by atoms with Crippen LogP contribution in [0.3, 0.4) is 0 Å². The molecule has 1 aromatic heterocycles. The van der Waals surface area contributed by atoms with Crippen molar-refractivity contribution in [2.75, 3.05) is 12.3 Å². The number of allylic oxidation sites excluding steroid dienone is 1. The van der Waals surface area contributed by atoms with E-state index in [0.29, 0.717) is 43.6 Å². The molecule has 0 radical (unpaired) electrons. The van der Waals surface area contributed by atoms with Gasteiger partial charge in [0.1, 0.15) is 17.9 Å². The molecular formula is C36H43N5O6S. The third kappa shape index (κ3) is 12.0. The number of carbonyl (C=O) groups is 2. The van der Waals surface area contributed by atoms with Crippen LogP contribution in [0.15, 0.2) is 108 Å². The van der Waals surface area contributed by atoms with Crippen LogP contribution >= 0.6 is 0 Å². The van der Waals surface area contributed by atoms with Crippen molar-refractivity contribution in [3.8, 4) is 0 Å². The molecule has 1 atom stereocenters. The number of rotatable bonds is 15. The maximum Gasteiger partial charge on any atom is 0.408 e. The van der Waals surface area contributed by atoms with Crippen molar-refractivity contribution in [3.05, 3.63) is 120 Å². The van der Waals surface area contributed by atoms with E-state index >= 15 is 0 Å². The molecule has 0 saturated heterocycles. The smallest absolute Gasteiger partial charge is 0.408 e. The van der Waals surface area contributed by atoms with Crippen molar-refractivity contribution in [1.29, 1.82) is 0 Å². The summed E-state index contributed by atoms with van der Waals surface area (Å²) in [5.74, 6) is -0.241. The van der Waals surface area contributed by atoms with E-state index in [2.05, 4.69) is 20.9 Å². The summed E-state index contributed by atoms with van der Waals surface area (Å²) in [5.41, 5.74) is 2.35. The second-order valence-corrected chi connectivity index (χ2v) is 14.2. The quantitative estimate of drug-likeness (QED) is 0.136. The molecule has 3 aromatic carbocycles. The van der Waals surface area contributed by atoms with E-state index in [1.165, 1.54) is 0 Å². The lowest BCUT2D eigenvalue weighted by molar-refractivity contribution is 0.0527. The van der Waals surface area contributed by atoms with Gasteiger partial charge in [-0.15, -0.1) is 5.10 Å². The number of nitrogens with one attached hydrogen (secondary N) is 2. The third-order valence-corrected chi connectivity index (χ3v) is 8.71. The molecule has 0 aliphatic rings. The Morgan fingerprint density at radius 2 is 1.50 bits per heavy atom. The predicted octanol–water partition coefficient (Wildman–Crippen LogP) is 6.50. The van der Waals surface area contributed by atoms with Gasteiger partial charge in [0.15, 0.2) is 9.84 Å². The molecule has 1 heterocycles. The van der Waals surface area contributed by atoms with Gasteiger partial charge in [0, 0.05) is 12.2 Å². The van der Waals surface area contributed by atoms with E-state index in [9.17, 15) is 18.0 Å². The summed E-state index contributed by atoms with van der Waals surface area (Å²) >= 11 is 0. The monoisotopic (exact) mass is 673 g/mol. The molecular weight excluding hydrogens is 630 g/mol. The zero-order valence-corrected chi connectivity index (χ0v) is 28.4. The van der Waals surface area contributed by atoms with Crippen molar-refractivity contribution < 1.29 is 27.5 Å². The van der Waals surface area contributed by atoms with Crippen LogP contribution in [0.1, 0.15) is 62.9 Å². The Bertz CT molecular complexity index is 1740. The average molecular weight is 674 g/mol. The van der Waals surface area contributed by atoms with Crippen molar-refractivity contribution in [1.82, 2.24) is 25.6 Å². The molecule has 48 heavy (non-hydrogen) atoms. The van der Waals surface area contributed by atoms with Gasteiger partial charge < -0.3 is 20.1 Å². The van der Waals surface area contributed by atoms with Crippen LogP contribution in [0.2, 0.25) is 0 Å². The van der Waals surface area contributed by atoms with Gasteiger partial charge in [-0.2, -0.15) is 0 Å². The summed E-state index contributed by atoms with van der Waals surface area (Å²) in [7, 11) is -3.61. The van der Waals surface area contributed by atoms with Gasteiger partial charge >= 0.3 is 12.2 Å². The van der Waals surface area contributed by atoms with Crippen LogP contribution in [0.4, 0.5) is 9.59 Å². The van der Waals surface area contributed by atoms with Gasteiger partial charge in [-0.25, -0.2) is 22.7 Å². The fourth-order valence-electron chi connectivity index (χ4n) is 4.74. The Kier molecular flexibility index (Phi) is 12.9. The number of carbonyl (C=O) groups excluding carboxylic acids is 2. The highest BCUT2D eigenvalue weighted by Crippen LogP contribution is 2.21. The number of aromatic nitrogens is 3. The minimum atomic E-state index is -3.61. The maximum absolute atomic E-state index is 13.1. The Labute approximate surface area is 282 Å². The molecule has 0 aliphatic heterocycles. The lowest BCUT2D eigenvalue weighted by Crippen LogP contribution is -2.33. The number of sulfone groups is 1. The van der Waals surface area contributed by atoms with Crippen LogP contribution in [0.25, 0.3) is 5.70 Å². The minimum Gasteiger partial charge on any atom is -0.445 e. The normalized spacial score (nSPS) is 12.6. The first-order valence-electron chi connectivity index (χ1n) is 15.9. The van der Waals surface area contributed by atoms with Crippen LogP contribution in [0.5, 0.6) is 0 Å². The number of benzene rings is 3. The van der Waals surface area contributed by atoms with Gasteiger partial charge in [-0.3, -0.25) is 0 Å². The molecule has 0 aliphatic carbocycles. The third-order valence-electron chi connectivity index (χ3n) is 7.12. The Balaban J connectivity index is 1.51. The average Bonchev–Trinajstić information content (AvgIpc) is 3.55. The molecule has 11 nitrogen and oxygen atoms in total. The predicted molar refractivity (Wildman–Crippen MR) is 184 cm³/mol. The van der Waals surface area contributed by atoms with Crippen molar-refractivity contribution >= 4 is 27.7 Å². The summed E-state index contributed by atoms with van der Waals surface area (Å²) in [6, 6.07) is 26.8. The molecule has 2 N–H and O–H groups in total. The summed E-state index contributed by atoms with van der Waals surface area (Å²) in [5, 5.41) is 14.4.